The van der Waals surface area contributed by atoms with Crippen LogP contribution in [0.25, 0.3) is 0 Å². The number of aliphatic hydroxyl groups is 1. The minimum atomic E-state index is -4.72. The summed E-state index contributed by atoms with van der Waals surface area (Å²) in [5.74, 6) is -2.42. The van der Waals surface area contributed by atoms with Crippen LogP contribution in [-0.4, -0.2) is 64.9 Å². The first-order valence-electron chi connectivity index (χ1n) is 17.9. The zero-order valence-corrected chi connectivity index (χ0v) is 30.0. The van der Waals surface area contributed by atoms with Crippen LogP contribution in [-0.2, 0) is 32.7 Å². The van der Waals surface area contributed by atoms with Gasteiger partial charge in [0.15, 0.2) is 6.04 Å². The number of rotatable bonds is 33. The number of phosphoric acid groups is 1. The SMILES string of the molecule is CCCCC/C=C\C/C=C\CCCCCCCCCCCCCC(=O)OCC(O)COP(=O)(O)OCC(NC(=O)CCCC)C(=O)O. The highest BCUT2D eigenvalue weighted by Gasteiger charge is 2.28. The molecule has 0 spiro atoms. The summed E-state index contributed by atoms with van der Waals surface area (Å²) < 4.78 is 26.4. The fourth-order valence-corrected chi connectivity index (χ4v) is 5.39. The smallest absolute Gasteiger partial charge is 0.472 e. The van der Waals surface area contributed by atoms with Gasteiger partial charge in [-0.05, 0) is 44.9 Å². The molecule has 0 aliphatic rings. The maximum Gasteiger partial charge on any atom is 0.472 e. The van der Waals surface area contributed by atoms with Gasteiger partial charge in [0.25, 0.3) is 0 Å². The molecular weight excluding hydrogens is 625 g/mol. The van der Waals surface area contributed by atoms with E-state index >= 15 is 0 Å². The van der Waals surface area contributed by atoms with Gasteiger partial charge in [-0.2, -0.15) is 0 Å². The third kappa shape index (κ3) is 31.0. The van der Waals surface area contributed by atoms with Crippen LogP contribution < -0.4 is 5.32 Å². The van der Waals surface area contributed by atoms with Crippen LogP contribution in [0.2, 0.25) is 0 Å². The zero-order valence-electron chi connectivity index (χ0n) is 29.1. The Morgan fingerprint density at radius 2 is 1.19 bits per heavy atom. The van der Waals surface area contributed by atoms with Gasteiger partial charge in [0.05, 0.1) is 13.2 Å². The van der Waals surface area contributed by atoms with Crippen molar-refractivity contribution in [2.75, 3.05) is 19.8 Å². The van der Waals surface area contributed by atoms with Gasteiger partial charge < -0.3 is 25.2 Å². The fourth-order valence-electron chi connectivity index (χ4n) is 4.62. The van der Waals surface area contributed by atoms with Gasteiger partial charge in [-0.15, -0.1) is 0 Å². The lowest BCUT2D eigenvalue weighted by molar-refractivity contribution is -0.147. The molecule has 0 aromatic rings. The average molecular weight is 690 g/mol. The summed E-state index contributed by atoms with van der Waals surface area (Å²) in [6.45, 7) is 2.22. The molecule has 0 aliphatic carbocycles. The number of allylic oxidation sites excluding steroid dienone is 4. The monoisotopic (exact) mass is 689 g/mol. The van der Waals surface area contributed by atoms with Crippen LogP contribution in [0.4, 0.5) is 0 Å². The number of hydrogen-bond donors (Lipinski definition) is 4. The maximum atomic E-state index is 12.0. The summed E-state index contributed by atoms with van der Waals surface area (Å²) >= 11 is 0. The van der Waals surface area contributed by atoms with Crippen molar-refractivity contribution in [1.82, 2.24) is 5.32 Å². The Balaban J connectivity index is 3.73. The van der Waals surface area contributed by atoms with Crippen molar-refractivity contribution in [3.63, 3.8) is 0 Å². The van der Waals surface area contributed by atoms with Crippen LogP contribution in [0, 0.1) is 0 Å². The zero-order chi connectivity index (χ0) is 35.0. The number of phosphoric ester groups is 1. The molecule has 0 heterocycles. The Hall–Kier alpha value is -2.04. The quantitative estimate of drug-likeness (QED) is 0.0230. The number of amides is 1. The summed E-state index contributed by atoms with van der Waals surface area (Å²) in [5, 5.41) is 21.3. The van der Waals surface area contributed by atoms with E-state index < -0.39 is 57.6 Å². The van der Waals surface area contributed by atoms with Crippen molar-refractivity contribution in [2.45, 2.75) is 161 Å². The number of carbonyl (C=O) groups excluding carboxylic acids is 2. The van der Waals surface area contributed by atoms with Gasteiger partial charge in [0.2, 0.25) is 5.91 Å². The number of nitrogens with one attached hydrogen (secondary N) is 1. The minimum absolute atomic E-state index is 0.121. The largest absolute Gasteiger partial charge is 0.480 e. The molecule has 11 nitrogen and oxygen atoms in total. The highest BCUT2D eigenvalue weighted by molar-refractivity contribution is 7.47. The van der Waals surface area contributed by atoms with Crippen molar-refractivity contribution in [3.8, 4) is 0 Å². The molecule has 0 rings (SSSR count). The van der Waals surface area contributed by atoms with E-state index in [-0.39, 0.29) is 12.8 Å². The van der Waals surface area contributed by atoms with E-state index in [2.05, 4.69) is 45.6 Å². The second kappa shape index (κ2) is 31.2. The highest BCUT2D eigenvalue weighted by atomic mass is 31.2. The molecule has 0 aromatic heterocycles. The number of carboxylic acids is 1. The molecule has 4 N–H and O–H groups in total. The third-order valence-corrected chi connectivity index (χ3v) is 8.44. The highest BCUT2D eigenvalue weighted by Crippen LogP contribution is 2.43. The molecule has 12 heteroatoms. The molecule has 1 amide bonds. The van der Waals surface area contributed by atoms with Crippen LogP contribution in [0.5, 0.6) is 0 Å². The van der Waals surface area contributed by atoms with Crippen molar-refractivity contribution < 1.29 is 47.8 Å². The van der Waals surface area contributed by atoms with Gasteiger partial charge >= 0.3 is 19.8 Å². The first-order chi connectivity index (χ1) is 22.6. The molecular formula is C35H64NO10P. The second-order valence-electron chi connectivity index (χ2n) is 12.1. The van der Waals surface area contributed by atoms with Crippen LogP contribution >= 0.6 is 7.82 Å². The summed E-state index contributed by atoms with van der Waals surface area (Å²) in [6.07, 6.45) is 29.5. The Morgan fingerprint density at radius 3 is 1.74 bits per heavy atom. The van der Waals surface area contributed by atoms with Crippen molar-refractivity contribution >= 4 is 25.7 Å². The molecule has 0 saturated heterocycles. The predicted octanol–water partition coefficient (Wildman–Crippen LogP) is 7.94. The molecule has 3 unspecified atom stereocenters. The van der Waals surface area contributed by atoms with Gasteiger partial charge in [-0.25, -0.2) is 9.36 Å². The summed E-state index contributed by atoms with van der Waals surface area (Å²) in [6, 6.07) is -1.54. The molecule has 0 radical (unpaired) electrons. The number of ether oxygens (including phenoxy) is 1. The number of carbonyl (C=O) groups is 3. The van der Waals surface area contributed by atoms with E-state index in [1.165, 1.54) is 77.0 Å². The predicted molar refractivity (Wildman–Crippen MR) is 185 cm³/mol. The van der Waals surface area contributed by atoms with E-state index in [0.29, 0.717) is 12.8 Å². The topological polar surface area (TPSA) is 169 Å². The lowest BCUT2D eigenvalue weighted by atomic mass is 10.0. The van der Waals surface area contributed by atoms with E-state index in [4.69, 9.17) is 4.74 Å². The summed E-state index contributed by atoms with van der Waals surface area (Å²) in [5.41, 5.74) is 0. The van der Waals surface area contributed by atoms with E-state index in [9.17, 15) is 34.1 Å². The summed E-state index contributed by atoms with van der Waals surface area (Å²) in [4.78, 5) is 44.8. The average Bonchev–Trinajstić information content (AvgIpc) is 3.04. The molecule has 0 fully saturated rings. The number of esters is 1. The Bertz CT molecular complexity index is 911. The molecule has 0 bridgehead atoms. The molecule has 0 saturated carbocycles. The summed E-state index contributed by atoms with van der Waals surface area (Å²) in [7, 11) is -4.72. The lowest BCUT2D eigenvalue weighted by Crippen LogP contribution is -2.43. The minimum Gasteiger partial charge on any atom is -0.480 e. The van der Waals surface area contributed by atoms with E-state index in [0.717, 1.165) is 32.1 Å². The van der Waals surface area contributed by atoms with Crippen LogP contribution in [0.15, 0.2) is 24.3 Å². The first kappa shape index (κ1) is 45.0. The maximum absolute atomic E-state index is 12.0. The molecule has 0 aliphatic heterocycles. The van der Waals surface area contributed by atoms with Crippen molar-refractivity contribution in [2.24, 2.45) is 0 Å². The normalized spacial score (nSPS) is 14.3. The van der Waals surface area contributed by atoms with Crippen molar-refractivity contribution in [3.05, 3.63) is 24.3 Å². The fraction of sp³-hybridized carbons (Fsp3) is 0.800. The number of aliphatic hydroxyl groups excluding tert-OH is 1. The van der Waals surface area contributed by atoms with Crippen molar-refractivity contribution in [1.29, 1.82) is 0 Å². The van der Waals surface area contributed by atoms with E-state index in [1.54, 1.807) is 0 Å². The van der Waals surface area contributed by atoms with Gasteiger partial charge in [-0.3, -0.25) is 18.6 Å². The van der Waals surface area contributed by atoms with Gasteiger partial charge in [0.1, 0.15) is 12.7 Å². The standard InChI is InChI=1S/C35H64NO10P/c1-3-5-7-8-9-10-11-12-13-14-15-16-17-18-19-20-21-22-23-24-25-27-34(39)44-28-31(37)29-45-47(42,43)46-30-32(35(40)41)36-33(38)26-6-4-2/h9-10,12-13,31-32,37H,3-8,11,14-30H2,1-2H3,(H,36,38)(H,40,41)(H,42,43)/b10-9-,13-12-. The third-order valence-electron chi connectivity index (χ3n) is 7.49. The van der Waals surface area contributed by atoms with Crippen LogP contribution in [0.1, 0.15) is 149 Å². The molecule has 3 atom stereocenters. The second-order valence-corrected chi connectivity index (χ2v) is 13.5. The molecule has 274 valence electrons. The number of hydrogen-bond acceptors (Lipinski definition) is 8. The van der Waals surface area contributed by atoms with E-state index in [1.807, 2.05) is 6.92 Å². The Morgan fingerprint density at radius 1 is 0.681 bits per heavy atom. The Kier molecular flexibility index (Phi) is 29.9. The van der Waals surface area contributed by atoms with Gasteiger partial charge in [-0.1, -0.05) is 115 Å². The lowest BCUT2D eigenvalue weighted by Gasteiger charge is -2.18. The number of carboxylic acid groups (broad SMARTS) is 1. The number of unbranched alkanes of at least 4 members (excludes halogenated alkanes) is 15. The first-order valence-corrected chi connectivity index (χ1v) is 19.4. The Labute approximate surface area is 283 Å². The van der Waals surface area contributed by atoms with Gasteiger partial charge in [0, 0.05) is 12.8 Å². The molecule has 47 heavy (non-hydrogen) atoms. The number of aliphatic carboxylic acids is 1. The molecule has 0 aromatic carbocycles. The van der Waals surface area contributed by atoms with Crippen LogP contribution in [0.3, 0.4) is 0 Å².